The highest BCUT2D eigenvalue weighted by Crippen LogP contribution is 2.33. The van der Waals surface area contributed by atoms with Crippen molar-refractivity contribution in [1.29, 1.82) is 0 Å². The molecule has 0 unspecified atom stereocenters. The van der Waals surface area contributed by atoms with Gasteiger partial charge in [0.1, 0.15) is 0 Å². The maximum absolute atomic E-state index is 10.2. The van der Waals surface area contributed by atoms with Crippen molar-refractivity contribution in [2.24, 2.45) is 5.92 Å². The number of ether oxygens (including phenoxy) is 1. The Morgan fingerprint density at radius 1 is 1.24 bits per heavy atom. The van der Waals surface area contributed by atoms with Crippen molar-refractivity contribution in [2.75, 3.05) is 50.8 Å². The van der Waals surface area contributed by atoms with Gasteiger partial charge in [-0.3, -0.25) is 4.90 Å². The molecular formula is C21H27ClN4O2S. The molecule has 0 saturated carbocycles. The number of hydrogen-bond donors (Lipinski definition) is 1. The zero-order chi connectivity index (χ0) is 20.4. The Morgan fingerprint density at radius 3 is 2.66 bits per heavy atom. The van der Waals surface area contributed by atoms with Crippen molar-refractivity contribution < 1.29 is 9.84 Å². The van der Waals surface area contributed by atoms with Gasteiger partial charge >= 0.3 is 0 Å². The van der Waals surface area contributed by atoms with E-state index in [4.69, 9.17) is 16.3 Å². The maximum Gasteiger partial charge on any atom is 0.224 e. The number of likely N-dealkylation sites (tertiary alicyclic amines) is 1. The number of thiophene rings is 1. The minimum atomic E-state index is -0.588. The summed E-state index contributed by atoms with van der Waals surface area (Å²) in [6, 6.07) is 2.00. The van der Waals surface area contributed by atoms with E-state index in [2.05, 4.69) is 31.6 Å². The van der Waals surface area contributed by atoms with Crippen molar-refractivity contribution >= 4 is 39.0 Å². The molecule has 0 aromatic carbocycles. The van der Waals surface area contributed by atoms with Gasteiger partial charge in [-0.1, -0.05) is 11.8 Å². The van der Waals surface area contributed by atoms with E-state index in [0.29, 0.717) is 19.1 Å². The van der Waals surface area contributed by atoms with E-state index in [1.165, 1.54) is 0 Å². The molecular weight excluding hydrogens is 408 g/mol. The van der Waals surface area contributed by atoms with Crippen LogP contribution < -0.4 is 4.90 Å². The largest absolute Gasteiger partial charge is 0.390 e. The van der Waals surface area contributed by atoms with Crippen molar-refractivity contribution in [3.63, 3.8) is 0 Å². The van der Waals surface area contributed by atoms with Crippen LogP contribution in [-0.2, 0) is 4.74 Å². The number of rotatable bonds is 3. The van der Waals surface area contributed by atoms with E-state index in [-0.39, 0.29) is 5.28 Å². The predicted molar refractivity (Wildman–Crippen MR) is 118 cm³/mol. The lowest BCUT2D eigenvalue weighted by atomic mass is 9.83. The Kier molecular flexibility index (Phi) is 6.28. The lowest BCUT2D eigenvalue weighted by molar-refractivity contribution is -0.0108. The first kappa shape index (κ1) is 20.8. The van der Waals surface area contributed by atoms with Gasteiger partial charge in [0.25, 0.3) is 0 Å². The van der Waals surface area contributed by atoms with E-state index in [1.807, 2.05) is 19.9 Å². The summed E-state index contributed by atoms with van der Waals surface area (Å²) in [5.41, 5.74) is 0.266. The summed E-state index contributed by atoms with van der Waals surface area (Å²) in [6.07, 6.45) is 2.04. The molecule has 0 radical (unpaired) electrons. The molecule has 0 aliphatic carbocycles. The van der Waals surface area contributed by atoms with E-state index in [1.54, 1.807) is 11.3 Å². The van der Waals surface area contributed by atoms with E-state index < -0.39 is 5.60 Å². The molecule has 0 atom stereocenters. The van der Waals surface area contributed by atoms with E-state index >= 15 is 0 Å². The molecule has 2 aliphatic rings. The highest BCUT2D eigenvalue weighted by atomic mass is 35.5. The van der Waals surface area contributed by atoms with Gasteiger partial charge in [-0.25, -0.2) is 4.98 Å². The quantitative estimate of drug-likeness (QED) is 0.592. The first-order chi connectivity index (χ1) is 13.9. The third-order valence-corrected chi connectivity index (χ3v) is 6.94. The highest BCUT2D eigenvalue weighted by Gasteiger charge is 2.30. The second-order valence-electron chi connectivity index (χ2n) is 8.25. The van der Waals surface area contributed by atoms with Crippen LogP contribution in [0.15, 0.2) is 6.07 Å². The number of aromatic nitrogens is 2. The molecule has 6 nitrogen and oxygen atoms in total. The lowest BCUT2D eigenvalue weighted by Crippen LogP contribution is -2.41. The van der Waals surface area contributed by atoms with Gasteiger partial charge in [0.15, 0.2) is 5.82 Å². The summed E-state index contributed by atoms with van der Waals surface area (Å²) in [6.45, 7) is 9.55. The zero-order valence-electron chi connectivity index (χ0n) is 16.9. The van der Waals surface area contributed by atoms with Crippen LogP contribution in [-0.4, -0.2) is 71.5 Å². The van der Waals surface area contributed by atoms with Gasteiger partial charge in [0.05, 0.1) is 40.5 Å². The third kappa shape index (κ3) is 5.01. The smallest absolute Gasteiger partial charge is 0.224 e. The molecule has 4 rings (SSSR count). The molecule has 0 spiro atoms. The Bertz CT molecular complexity index is 916. The molecule has 156 valence electrons. The maximum atomic E-state index is 10.2. The standard InChI is InChI=1S/C21H27ClN4O2S/c1-21(2,27)15-5-8-25(9-6-15)7-3-4-16-14-17-18(29-16)19(24-20(22)23-17)26-10-12-28-13-11-26/h14-15,27H,5-13H2,1-2H3. The van der Waals surface area contributed by atoms with Crippen LogP contribution in [0.25, 0.3) is 10.2 Å². The van der Waals surface area contributed by atoms with Gasteiger partial charge in [0.2, 0.25) is 5.28 Å². The summed E-state index contributed by atoms with van der Waals surface area (Å²) < 4.78 is 6.48. The highest BCUT2D eigenvalue weighted by molar-refractivity contribution is 7.20. The molecule has 1 N–H and O–H groups in total. The molecule has 8 heteroatoms. The summed E-state index contributed by atoms with van der Waals surface area (Å²) in [7, 11) is 0. The van der Waals surface area contributed by atoms with Gasteiger partial charge in [-0.15, -0.1) is 11.3 Å². The lowest BCUT2D eigenvalue weighted by Gasteiger charge is -2.37. The Hall–Kier alpha value is -1.43. The van der Waals surface area contributed by atoms with Gasteiger partial charge in [0, 0.05) is 13.1 Å². The van der Waals surface area contributed by atoms with E-state index in [9.17, 15) is 5.11 Å². The number of morpholine rings is 1. The number of halogens is 1. The van der Waals surface area contributed by atoms with Crippen LogP contribution >= 0.6 is 22.9 Å². The summed E-state index contributed by atoms with van der Waals surface area (Å²) in [4.78, 5) is 14.4. The van der Waals surface area contributed by atoms with Crippen LogP contribution in [0.5, 0.6) is 0 Å². The molecule has 0 amide bonds. The summed E-state index contributed by atoms with van der Waals surface area (Å²) >= 11 is 7.79. The fourth-order valence-corrected chi connectivity index (χ4v) is 5.13. The van der Waals surface area contributed by atoms with Crippen molar-refractivity contribution in [3.8, 4) is 11.8 Å². The molecule has 2 saturated heterocycles. The fourth-order valence-electron chi connectivity index (χ4n) is 3.97. The SMILES string of the molecule is CC(C)(O)C1CCN(CC#Cc2cc3nc(Cl)nc(N4CCOCC4)c3s2)CC1. The molecule has 29 heavy (non-hydrogen) atoms. The Balaban J connectivity index is 1.45. The van der Waals surface area contributed by atoms with Crippen LogP contribution in [0.2, 0.25) is 5.28 Å². The summed E-state index contributed by atoms with van der Waals surface area (Å²) in [5, 5.41) is 10.5. The van der Waals surface area contributed by atoms with Crippen molar-refractivity contribution in [1.82, 2.24) is 14.9 Å². The number of hydrogen-bond acceptors (Lipinski definition) is 7. The second-order valence-corrected chi connectivity index (χ2v) is 9.64. The number of piperidine rings is 1. The number of nitrogens with zero attached hydrogens (tertiary/aromatic N) is 4. The van der Waals surface area contributed by atoms with Gasteiger partial charge in [-0.05, 0) is 63.4 Å². The average Bonchev–Trinajstić information content (AvgIpc) is 3.10. The van der Waals surface area contributed by atoms with E-state index in [0.717, 1.165) is 66.5 Å². The van der Waals surface area contributed by atoms with Gasteiger partial charge in [-0.2, -0.15) is 4.98 Å². The monoisotopic (exact) mass is 434 g/mol. The number of fused-ring (bicyclic) bond motifs is 1. The number of aliphatic hydroxyl groups is 1. The average molecular weight is 435 g/mol. The minimum absolute atomic E-state index is 0.269. The summed E-state index contributed by atoms with van der Waals surface area (Å²) in [5.74, 6) is 7.86. The van der Waals surface area contributed by atoms with Crippen molar-refractivity contribution in [3.05, 3.63) is 16.2 Å². The molecule has 2 fully saturated rings. The van der Waals surface area contributed by atoms with Crippen LogP contribution in [0, 0.1) is 17.8 Å². The Morgan fingerprint density at radius 2 is 1.97 bits per heavy atom. The molecule has 4 heterocycles. The normalized spacial score (nSPS) is 19.4. The predicted octanol–water partition coefficient (Wildman–Crippen LogP) is 3.02. The zero-order valence-corrected chi connectivity index (χ0v) is 18.5. The molecule has 2 aromatic heterocycles. The molecule has 0 bridgehead atoms. The second kappa shape index (κ2) is 8.75. The van der Waals surface area contributed by atoms with Gasteiger partial charge < -0.3 is 14.7 Å². The topological polar surface area (TPSA) is 61.7 Å². The van der Waals surface area contributed by atoms with Crippen LogP contribution in [0.1, 0.15) is 31.6 Å². The Labute approximate surface area is 180 Å². The number of anilines is 1. The minimum Gasteiger partial charge on any atom is -0.390 e. The van der Waals surface area contributed by atoms with Crippen LogP contribution in [0.4, 0.5) is 5.82 Å². The van der Waals surface area contributed by atoms with Crippen molar-refractivity contribution in [2.45, 2.75) is 32.3 Å². The molecule has 2 aromatic rings. The third-order valence-electron chi connectivity index (χ3n) is 5.74. The first-order valence-electron chi connectivity index (χ1n) is 10.1. The fraction of sp³-hybridized carbons (Fsp3) is 0.619. The molecule has 2 aliphatic heterocycles. The van der Waals surface area contributed by atoms with Crippen LogP contribution in [0.3, 0.4) is 0 Å². The first-order valence-corrected chi connectivity index (χ1v) is 11.3.